The van der Waals surface area contributed by atoms with Crippen molar-refractivity contribution in [2.24, 2.45) is 16.7 Å². The number of ketones is 1. The number of benzene rings is 1. The smallest absolute Gasteiger partial charge is 0.253 e. The van der Waals surface area contributed by atoms with Crippen LogP contribution in [0, 0.1) is 28.1 Å². The maximum Gasteiger partial charge on any atom is 0.253 e. The molecular weight excluding hydrogens is 300 g/mol. The summed E-state index contributed by atoms with van der Waals surface area (Å²) in [6, 6.07) is 11.3. The predicted molar refractivity (Wildman–Crippen MR) is 91.0 cm³/mol. The maximum absolute atomic E-state index is 12.8. The Morgan fingerprint density at radius 1 is 1.25 bits per heavy atom. The van der Waals surface area contributed by atoms with Crippen molar-refractivity contribution in [2.45, 2.75) is 27.2 Å². The molecule has 1 aliphatic heterocycles. The standard InChI is InChI=1S/C20H22N2O2/c1-19(2)16-9-10-22(18(24)14-7-5-4-6-8-14)13-20(16,3)11-15(12-21)17(19)23/h4-8,11,16H,9-10,13H2,1-3H3/t16-,20+/m0/s1. The number of amides is 1. The molecule has 0 aromatic heterocycles. The first kappa shape index (κ1) is 16.4. The Balaban J connectivity index is 1.94. The highest BCUT2D eigenvalue weighted by Gasteiger charge is 2.53. The number of fused-ring (bicyclic) bond motifs is 1. The van der Waals surface area contributed by atoms with Crippen LogP contribution in [0.15, 0.2) is 42.0 Å². The zero-order valence-corrected chi connectivity index (χ0v) is 14.4. The third kappa shape index (κ3) is 2.45. The van der Waals surface area contributed by atoms with Crippen LogP contribution in [0.3, 0.4) is 0 Å². The Hall–Kier alpha value is -2.41. The van der Waals surface area contributed by atoms with Gasteiger partial charge in [-0.3, -0.25) is 9.59 Å². The molecule has 0 saturated carbocycles. The summed E-state index contributed by atoms with van der Waals surface area (Å²) < 4.78 is 0. The maximum atomic E-state index is 12.8. The molecular formula is C20H22N2O2. The number of hydrogen-bond acceptors (Lipinski definition) is 3. The molecule has 24 heavy (non-hydrogen) atoms. The molecule has 4 heteroatoms. The summed E-state index contributed by atoms with van der Waals surface area (Å²) in [6.45, 7) is 7.09. The van der Waals surface area contributed by atoms with Crippen LogP contribution >= 0.6 is 0 Å². The number of hydrogen-bond donors (Lipinski definition) is 0. The number of Topliss-reactive ketones (excluding diaryl/α,β-unsaturated/α-hetero) is 1. The first-order valence-corrected chi connectivity index (χ1v) is 8.32. The van der Waals surface area contributed by atoms with Gasteiger partial charge in [0.25, 0.3) is 5.91 Å². The molecule has 0 unspecified atom stereocenters. The number of likely N-dealkylation sites (tertiary alicyclic amines) is 1. The predicted octanol–water partition coefficient (Wildman–Crippen LogP) is 3.21. The largest absolute Gasteiger partial charge is 0.338 e. The molecule has 1 saturated heterocycles. The van der Waals surface area contributed by atoms with Crippen molar-refractivity contribution in [3.05, 3.63) is 47.5 Å². The number of piperidine rings is 1. The van der Waals surface area contributed by atoms with Gasteiger partial charge in [0.05, 0.1) is 5.57 Å². The van der Waals surface area contributed by atoms with E-state index in [0.29, 0.717) is 18.7 Å². The van der Waals surface area contributed by atoms with Crippen LogP contribution in [-0.2, 0) is 4.79 Å². The van der Waals surface area contributed by atoms with Crippen molar-refractivity contribution in [3.8, 4) is 6.07 Å². The number of carbonyl (C=O) groups excluding carboxylic acids is 2. The summed E-state index contributed by atoms with van der Waals surface area (Å²) in [5, 5.41) is 9.33. The lowest BCUT2D eigenvalue weighted by atomic mass is 9.55. The number of rotatable bonds is 1. The van der Waals surface area contributed by atoms with Gasteiger partial charge in [-0.15, -0.1) is 0 Å². The summed E-state index contributed by atoms with van der Waals surface area (Å²) in [7, 11) is 0. The Bertz CT molecular complexity index is 758. The Morgan fingerprint density at radius 2 is 1.92 bits per heavy atom. The quantitative estimate of drug-likeness (QED) is 0.797. The van der Waals surface area contributed by atoms with Crippen molar-refractivity contribution >= 4 is 11.7 Å². The Kier molecular flexibility index (Phi) is 3.83. The van der Waals surface area contributed by atoms with Gasteiger partial charge in [0.15, 0.2) is 5.78 Å². The topological polar surface area (TPSA) is 61.2 Å². The fourth-order valence-corrected chi connectivity index (χ4v) is 4.47. The van der Waals surface area contributed by atoms with Gasteiger partial charge in [-0.1, -0.05) is 45.0 Å². The lowest BCUT2D eigenvalue weighted by Crippen LogP contribution is -2.56. The number of allylic oxidation sites excluding steroid dienone is 1. The molecule has 0 radical (unpaired) electrons. The van der Waals surface area contributed by atoms with Crippen LogP contribution < -0.4 is 0 Å². The minimum atomic E-state index is -0.573. The highest BCUT2D eigenvalue weighted by molar-refractivity contribution is 6.04. The molecule has 1 aromatic carbocycles. The van der Waals surface area contributed by atoms with E-state index in [0.717, 1.165) is 6.42 Å². The van der Waals surface area contributed by atoms with Crippen LogP contribution in [0.4, 0.5) is 0 Å². The van der Waals surface area contributed by atoms with Crippen molar-refractivity contribution in [1.82, 2.24) is 4.90 Å². The van der Waals surface area contributed by atoms with Crippen LogP contribution in [0.5, 0.6) is 0 Å². The van der Waals surface area contributed by atoms with E-state index >= 15 is 0 Å². The first-order valence-electron chi connectivity index (χ1n) is 8.32. The van der Waals surface area contributed by atoms with E-state index in [2.05, 4.69) is 13.0 Å². The lowest BCUT2D eigenvalue weighted by molar-refractivity contribution is -0.131. The molecule has 2 aliphatic rings. The van der Waals surface area contributed by atoms with Crippen molar-refractivity contribution < 1.29 is 9.59 Å². The zero-order valence-electron chi connectivity index (χ0n) is 14.4. The second-order valence-corrected chi connectivity index (χ2v) is 7.66. The van der Waals surface area contributed by atoms with Crippen LogP contribution in [0.1, 0.15) is 37.6 Å². The van der Waals surface area contributed by atoms with E-state index in [4.69, 9.17) is 0 Å². The van der Waals surface area contributed by atoms with Crippen molar-refractivity contribution in [2.75, 3.05) is 13.1 Å². The van der Waals surface area contributed by atoms with Crippen LogP contribution in [0.25, 0.3) is 0 Å². The molecule has 1 amide bonds. The molecule has 1 aromatic rings. The summed E-state index contributed by atoms with van der Waals surface area (Å²) in [5.41, 5.74) is -0.0235. The number of carbonyl (C=O) groups is 2. The van der Waals surface area contributed by atoms with E-state index in [1.807, 2.05) is 49.1 Å². The Labute approximate surface area is 142 Å². The van der Waals surface area contributed by atoms with Gasteiger partial charge in [-0.2, -0.15) is 5.26 Å². The summed E-state index contributed by atoms with van der Waals surface area (Å²) in [6.07, 6.45) is 2.57. The SMILES string of the molecule is CC1(C)C(=O)C(C#N)=C[C@]2(C)CN(C(=O)c3ccccc3)CC[C@@H]12. The van der Waals surface area contributed by atoms with E-state index in [1.54, 1.807) is 6.08 Å². The van der Waals surface area contributed by atoms with Gasteiger partial charge in [-0.25, -0.2) is 0 Å². The fourth-order valence-electron chi connectivity index (χ4n) is 4.47. The average Bonchev–Trinajstić information content (AvgIpc) is 2.58. The van der Waals surface area contributed by atoms with E-state index in [-0.39, 0.29) is 28.6 Å². The van der Waals surface area contributed by atoms with Gasteiger partial charge in [0, 0.05) is 29.5 Å². The zero-order chi connectivity index (χ0) is 17.5. The molecule has 2 atom stereocenters. The molecule has 3 rings (SSSR count). The molecule has 0 spiro atoms. The normalized spacial score (nSPS) is 28.6. The van der Waals surface area contributed by atoms with Gasteiger partial charge >= 0.3 is 0 Å². The average molecular weight is 322 g/mol. The lowest BCUT2D eigenvalue weighted by Gasteiger charge is -2.52. The van der Waals surface area contributed by atoms with Gasteiger partial charge in [0.1, 0.15) is 6.07 Å². The molecule has 1 fully saturated rings. The van der Waals surface area contributed by atoms with Gasteiger partial charge < -0.3 is 4.90 Å². The van der Waals surface area contributed by atoms with Crippen molar-refractivity contribution in [3.63, 3.8) is 0 Å². The molecule has 1 aliphatic carbocycles. The summed E-state index contributed by atoms with van der Waals surface area (Å²) in [4.78, 5) is 27.2. The second kappa shape index (κ2) is 5.59. The number of nitrogens with zero attached hydrogens (tertiary/aromatic N) is 2. The van der Waals surface area contributed by atoms with Crippen molar-refractivity contribution in [1.29, 1.82) is 5.26 Å². The van der Waals surface area contributed by atoms with Gasteiger partial charge in [-0.05, 0) is 24.5 Å². The van der Waals surface area contributed by atoms with Gasteiger partial charge in [0.2, 0.25) is 0 Å². The highest BCUT2D eigenvalue weighted by atomic mass is 16.2. The van der Waals surface area contributed by atoms with E-state index in [9.17, 15) is 14.9 Å². The summed E-state index contributed by atoms with van der Waals surface area (Å²) in [5.74, 6) is 0.0709. The third-order valence-corrected chi connectivity index (χ3v) is 5.62. The Morgan fingerprint density at radius 3 is 2.54 bits per heavy atom. The molecule has 0 N–H and O–H groups in total. The molecule has 0 bridgehead atoms. The number of nitriles is 1. The summed E-state index contributed by atoms with van der Waals surface area (Å²) >= 11 is 0. The minimum Gasteiger partial charge on any atom is -0.338 e. The molecule has 1 heterocycles. The second-order valence-electron chi connectivity index (χ2n) is 7.66. The van der Waals surface area contributed by atoms with E-state index < -0.39 is 5.41 Å². The first-order chi connectivity index (χ1) is 11.3. The minimum absolute atomic E-state index is 0.0110. The molecule has 124 valence electrons. The van der Waals surface area contributed by atoms with Crippen LogP contribution in [-0.4, -0.2) is 29.7 Å². The van der Waals surface area contributed by atoms with E-state index in [1.165, 1.54) is 0 Å². The molecule has 4 nitrogen and oxygen atoms in total. The fraction of sp³-hybridized carbons (Fsp3) is 0.450. The monoisotopic (exact) mass is 322 g/mol. The van der Waals surface area contributed by atoms with Crippen LogP contribution in [0.2, 0.25) is 0 Å². The third-order valence-electron chi connectivity index (χ3n) is 5.62. The highest BCUT2D eigenvalue weighted by Crippen LogP contribution is 2.52.